The van der Waals surface area contributed by atoms with E-state index in [2.05, 4.69) is 34.3 Å². The van der Waals surface area contributed by atoms with Crippen molar-refractivity contribution in [2.45, 2.75) is 42.1 Å². The molecule has 2 aromatic heterocycles. The number of pyridine rings is 1. The number of hydrogen-bond donors (Lipinski definition) is 1. The Morgan fingerprint density at radius 1 is 1.44 bits per heavy atom. The minimum Gasteiger partial charge on any atom is -0.327 e. The Balaban J connectivity index is 2.10. The first-order valence-electron chi connectivity index (χ1n) is 5.84. The molecule has 1 unspecified atom stereocenters. The van der Waals surface area contributed by atoms with Crippen LogP contribution in [0.3, 0.4) is 0 Å². The van der Waals surface area contributed by atoms with E-state index in [1.165, 1.54) is 17.1 Å². The highest BCUT2D eigenvalue weighted by Gasteiger charge is 2.08. The van der Waals surface area contributed by atoms with Crippen LogP contribution in [0.4, 0.5) is 0 Å². The van der Waals surface area contributed by atoms with Crippen LogP contribution in [-0.2, 0) is 6.42 Å². The second-order valence-corrected chi connectivity index (χ2v) is 6.16. The number of rotatable bonds is 5. The molecule has 0 saturated heterocycles. The van der Waals surface area contributed by atoms with Gasteiger partial charge in [-0.2, -0.15) is 4.37 Å². The van der Waals surface area contributed by atoms with Gasteiger partial charge < -0.3 is 5.73 Å². The molecule has 96 valence electrons. The van der Waals surface area contributed by atoms with Crippen molar-refractivity contribution in [2.24, 2.45) is 5.73 Å². The summed E-state index contributed by atoms with van der Waals surface area (Å²) in [6.07, 6.45) is 5.34. The predicted octanol–water partition coefficient (Wildman–Crippen LogP) is 2.67. The van der Waals surface area contributed by atoms with Gasteiger partial charge in [-0.3, -0.25) is 0 Å². The Morgan fingerprint density at radius 3 is 2.89 bits per heavy atom. The molecule has 1 atom stereocenters. The average molecular weight is 280 g/mol. The number of hydrogen-bond acceptors (Lipinski definition) is 6. The summed E-state index contributed by atoms with van der Waals surface area (Å²) >= 11 is 2.94. The lowest BCUT2D eigenvalue weighted by Gasteiger charge is -2.10. The van der Waals surface area contributed by atoms with Gasteiger partial charge in [0.2, 0.25) is 0 Å². The van der Waals surface area contributed by atoms with Crippen LogP contribution in [0.5, 0.6) is 0 Å². The van der Waals surface area contributed by atoms with Crippen LogP contribution in [-0.4, -0.2) is 20.4 Å². The smallest absolute Gasteiger partial charge is 0.176 e. The van der Waals surface area contributed by atoms with Crippen molar-refractivity contribution in [3.8, 4) is 0 Å². The standard InChI is InChI=1S/C12H16N4S2/c1-3-10(13)5-9-4-8(2)11(14-6-9)17-12-15-7-16-18-12/h4,6-7,10H,3,5,13H2,1-2H3. The van der Waals surface area contributed by atoms with E-state index in [0.29, 0.717) is 0 Å². The average Bonchev–Trinajstić information content (AvgIpc) is 2.85. The van der Waals surface area contributed by atoms with E-state index in [0.717, 1.165) is 27.8 Å². The van der Waals surface area contributed by atoms with E-state index in [1.807, 2.05) is 6.20 Å². The Bertz CT molecular complexity index is 499. The summed E-state index contributed by atoms with van der Waals surface area (Å²) in [5.41, 5.74) is 8.31. The van der Waals surface area contributed by atoms with E-state index in [4.69, 9.17) is 5.73 Å². The van der Waals surface area contributed by atoms with Crippen molar-refractivity contribution in [1.82, 2.24) is 14.3 Å². The molecule has 2 rings (SSSR count). The quantitative estimate of drug-likeness (QED) is 0.912. The minimum atomic E-state index is 0.216. The first kappa shape index (κ1) is 13.5. The first-order valence-corrected chi connectivity index (χ1v) is 7.43. The first-order chi connectivity index (χ1) is 8.69. The third-order valence-corrected chi connectivity index (χ3v) is 4.47. The predicted molar refractivity (Wildman–Crippen MR) is 75.0 cm³/mol. The molecule has 0 amide bonds. The highest BCUT2D eigenvalue weighted by atomic mass is 32.2. The molecule has 4 nitrogen and oxygen atoms in total. The molecule has 0 aromatic carbocycles. The molecule has 18 heavy (non-hydrogen) atoms. The molecule has 0 aliphatic rings. The third-order valence-electron chi connectivity index (χ3n) is 2.63. The topological polar surface area (TPSA) is 64.7 Å². The maximum Gasteiger partial charge on any atom is 0.176 e. The zero-order valence-electron chi connectivity index (χ0n) is 10.5. The van der Waals surface area contributed by atoms with E-state index < -0.39 is 0 Å². The largest absolute Gasteiger partial charge is 0.327 e. The summed E-state index contributed by atoms with van der Waals surface area (Å²) in [5.74, 6) is 0. The lowest BCUT2D eigenvalue weighted by Crippen LogP contribution is -2.21. The molecule has 0 aliphatic heterocycles. The fourth-order valence-electron chi connectivity index (χ4n) is 1.58. The highest BCUT2D eigenvalue weighted by molar-refractivity contribution is 8.00. The molecular formula is C12H16N4S2. The molecule has 0 fully saturated rings. The maximum atomic E-state index is 5.95. The van der Waals surface area contributed by atoms with E-state index in [-0.39, 0.29) is 6.04 Å². The molecule has 0 aliphatic carbocycles. The lowest BCUT2D eigenvalue weighted by molar-refractivity contribution is 0.644. The van der Waals surface area contributed by atoms with Crippen LogP contribution in [0.15, 0.2) is 28.0 Å². The molecule has 0 radical (unpaired) electrons. The van der Waals surface area contributed by atoms with Gasteiger partial charge in [0.15, 0.2) is 4.34 Å². The number of nitrogens with two attached hydrogens (primary N) is 1. The second kappa shape index (κ2) is 6.26. The molecule has 2 N–H and O–H groups in total. The molecule has 0 saturated carbocycles. The van der Waals surface area contributed by atoms with Crippen LogP contribution in [0.25, 0.3) is 0 Å². The normalized spacial score (nSPS) is 12.6. The van der Waals surface area contributed by atoms with Crippen LogP contribution in [0.2, 0.25) is 0 Å². The zero-order chi connectivity index (χ0) is 13.0. The third kappa shape index (κ3) is 3.51. The van der Waals surface area contributed by atoms with Crippen molar-refractivity contribution in [3.05, 3.63) is 29.7 Å². The SMILES string of the molecule is CCC(N)Cc1cnc(Sc2ncns2)c(C)c1. The van der Waals surface area contributed by atoms with Crippen LogP contribution >= 0.6 is 23.3 Å². The van der Waals surface area contributed by atoms with Crippen molar-refractivity contribution >= 4 is 23.3 Å². The summed E-state index contributed by atoms with van der Waals surface area (Å²) < 4.78 is 4.90. The van der Waals surface area contributed by atoms with Crippen molar-refractivity contribution < 1.29 is 0 Å². The molecular weight excluding hydrogens is 264 g/mol. The molecule has 6 heteroatoms. The van der Waals surface area contributed by atoms with Gasteiger partial charge in [-0.25, -0.2) is 9.97 Å². The summed E-state index contributed by atoms with van der Waals surface area (Å²) in [6.45, 7) is 4.17. The fraction of sp³-hybridized carbons (Fsp3) is 0.417. The van der Waals surface area contributed by atoms with Gasteiger partial charge in [0.1, 0.15) is 11.4 Å². The number of aryl methyl sites for hydroxylation is 1. The lowest BCUT2D eigenvalue weighted by atomic mass is 10.1. The molecule has 2 aromatic rings. The Kier molecular flexibility index (Phi) is 4.68. The van der Waals surface area contributed by atoms with Crippen molar-refractivity contribution in [1.29, 1.82) is 0 Å². The van der Waals surface area contributed by atoms with Gasteiger partial charge >= 0.3 is 0 Å². The molecule has 0 bridgehead atoms. The van der Waals surface area contributed by atoms with Crippen LogP contribution in [0.1, 0.15) is 24.5 Å². The minimum absolute atomic E-state index is 0.216. The van der Waals surface area contributed by atoms with E-state index in [9.17, 15) is 0 Å². The highest BCUT2D eigenvalue weighted by Crippen LogP contribution is 2.29. The summed E-state index contributed by atoms with van der Waals surface area (Å²) in [6, 6.07) is 2.37. The fourth-order valence-corrected chi connectivity index (χ4v) is 2.96. The van der Waals surface area contributed by atoms with E-state index in [1.54, 1.807) is 18.1 Å². The van der Waals surface area contributed by atoms with Gasteiger partial charge in [0.05, 0.1) is 0 Å². The Morgan fingerprint density at radius 2 is 2.28 bits per heavy atom. The van der Waals surface area contributed by atoms with Crippen molar-refractivity contribution in [3.63, 3.8) is 0 Å². The zero-order valence-corrected chi connectivity index (χ0v) is 12.1. The van der Waals surface area contributed by atoms with Gasteiger partial charge in [-0.1, -0.05) is 13.0 Å². The maximum absolute atomic E-state index is 5.95. The van der Waals surface area contributed by atoms with Gasteiger partial charge in [0, 0.05) is 12.2 Å². The second-order valence-electron chi connectivity index (χ2n) is 4.15. The monoisotopic (exact) mass is 280 g/mol. The van der Waals surface area contributed by atoms with E-state index >= 15 is 0 Å². The Hall–Kier alpha value is -0.980. The van der Waals surface area contributed by atoms with Crippen LogP contribution in [0, 0.1) is 6.92 Å². The van der Waals surface area contributed by atoms with Gasteiger partial charge in [-0.15, -0.1) is 0 Å². The molecule has 2 heterocycles. The summed E-state index contributed by atoms with van der Waals surface area (Å²) in [7, 11) is 0. The van der Waals surface area contributed by atoms with Crippen molar-refractivity contribution in [2.75, 3.05) is 0 Å². The van der Waals surface area contributed by atoms with Gasteiger partial charge in [0.25, 0.3) is 0 Å². The summed E-state index contributed by atoms with van der Waals surface area (Å²) in [5, 5.41) is 0.987. The number of aromatic nitrogens is 3. The van der Waals surface area contributed by atoms with Crippen LogP contribution < -0.4 is 5.73 Å². The summed E-state index contributed by atoms with van der Waals surface area (Å²) in [4.78, 5) is 8.63. The number of nitrogens with zero attached hydrogens (tertiary/aromatic N) is 3. The molecule has 0 spiro atoms. The van der Waals surface area contributed by atoms with Gasteiger partial charge in [-0.05, 0) is 54.2 Å². The Labute approximate surface area is 115 Å².